The Labute approximate surface area is 136 Å². The molecule has 7 nitrogen and oxygen atoms in total. The van der Waals surface area contributed by atoms with Gasteiger partial charge in [0.15, 0.2) is 0 Å². The van der Waals surface area contributed by atoms with Crippen molar-refractivity contribution in [1.82, 2.24) is 4.31 Å². The van der Waals surface area contributed by atoms with Crippen LogP contribution in [0.5, 0.6) is 0 Å². The first kappa shape index (κ1) is 16.2. The molecule has 2 N–H and O–H groups in total. The SMILES string of the molecule is NC(=O)c1cccc(S(=O)(=O)N2CCOCC2)c1N1CCCC1. The first-order chi connectivity index (χ1) is 11.0. The molecule has 0 saturated carbocycles. The predicted molar refractivity (Wildman–Crippen MR) is 86.0 cm³/mol. The molecule has 2 heterocycles. The molecule has 0 bridgehead atoms. The van der Waals surface area contributed by atoms with Crippen molar-refractivity contribution in [2.24, 2.45) is 5.73 Å². The monoisotopic (exact) mass is 339 g/mol. The summed E-state index contributed by atoms with van der Waals surface area (Å²) >= 11 is 0. The van der Waals surface area contributed by atoms with E-state index in [9.17, 15) is 13.2 Å². The van der Waals surface area contributed by atoms with Crippen LogP contribution in [0.4, 0.5) is 5.69 Å². The largest absolute Gasteiger partial charge is 0.379 e. The van der Waals surface area contributed by atoms with Crippen molar-refractivity contribution in [1.29, 1.82) is 0 Å². The number of morpholine rings is 1. The molecular weight excluding hydrogens is 318 g/mol. The summed E-state index contributed by atoms with van der Waals surface area (Å²) in [4.78, 5) is 13.9. The zero-order chi connectivity index (χ0) is 16.4. The number of benzene rings is 1. The Kier molecular flexibility index (Phi) is 4.56. The standard InChI is InChI=1S/C15H21N3O4S/c16-15(19)12-4-3-5-13(14(12)17-6-1-2-7-17)23(20,21)18-8-10-22-11-9-18/h3-5H,1-2,6-11H2,(H2,16,19). The van der Waals surface area contributed by atoms with Gasteiger partial charge in [-0.15, -0.1) is 0 Å². The molecule has 1 aromatic carbocycles. The maximum absolute atomic E-state index is 13.0. The molecule has 8 heteroatoms. The number of hydrogen-bond donors (Lipinski definition) is 1. The highest BCUT2D eigenvalue weighted by Crippen LogP contribution is 2.33. The van der Waals surface area contributed by atoms with E-state index in [4.69, 9.17) is 10.5 Å². The molecule has 126 valence electrons. The average Bonchev–Trinajstić information content (AvgIpc) is 3.09. The van der Waals surface area contributed by atoms with Crippen LogP contribution in [-0.2, 0) is 14.8 Å². The zero-order valence-corrected chi connectivity index (χ0v) is 13.7. The van der Waals surface area contributed by atoms with Crippen molar-refractivity contribution in [2.45, 2.75) is 17.7 Å². The van der Waals surface area contributed by atoms with E-state index in [0.29, 0.717) is 32.0 Å². The van der Waals surface area contributed by atoms with Crippen LogP contribution in [0, 0.1) is 0 Å². The zero-order valence-electron chi connectivity index (χ0n) is 12.9. The number of nitrogens with two attached hydrogens (primary N) is 1. The lowest BCUT2D eigenvalue weighted by Crippen LogP contribution is -2.41. The number of primary amides is 1. The van der Waals surface area contributed by atoms with E-state index >= 15 is 0 Å². The third-order valence-electron chi connectivity index (χ3n) is 4.27. The smallest absolute Gasteiger partial charge is 0.250 e. The maximum atomic E-state index is 13.0. The summed E-state index contributed by atoms with van der Waals surface area (Å²) in [5.74, 6) is -0.606. The average molecular weight is 339 g/mol. The summed E-state index contributed by atoms with van der Waals surface area (Å²) in [6.07, 6.45) is 1.95. The summed E-state index contributed by atoms with van der Waals surface area (Å²) in [5.41, 5.74) is 6.19. The molecule has 1 aromatic rings. The summed E-state index contributed by atoms with van der Waals surface area (Å²) < 4.78 is 32.7. The van der Waals surface area contributed by atoms with Crippen LogP contribution >= 0.6 is 0 Å². The van der Waals surface area contributed by atoms with Gasteiger partial charge in [0, 0.05) is 26.2 Å². The molecule has 0 aromatic heterocycles. The second-order valence-corrected chi connectivity index (χ2v) is 7.63. The number of hydrogen-bond acceptors (Lipinski definition) is 5. The number of rotatable bonds is 4. The number of carbonyl (C=O) groups is 1. The Balaban J connectivity index is 2.10. The van der Waals surface area contributed by atoms with Crippen LogP contribution in [0.3, 0.4) is 0 Å². The molecule has 2 fully saturated rings. The highest BCUT2D eigenvalue weighted by Gasteiger charge is 2.32. The van der Waals surface area contributed by atoms with E-state index in [-0.39, 0.29) is 10.5 Å². The first-order valence-corrected chi connectivity index (χ1v) is 9.21. The Morgan fingerprint density at radius 2 is 1.74 bits per heavy atom. The van der Waals surface area contributed by atoms with Crippen LogP contribution in [0.25, 0.3) is 0 Å². The van der Waals surface area contributed by atoms with Gasteiger partial charge in [0.2, 0.25) is 10.0 Å². The molecule has 1 amide bonds. The van der Waals surface area contributed by atoms with Gasteiger partial charge in [-0.3, -0.25) is 4.79 Å². The van der Waals surface area contributed by atoms with Gasteiger partial charge in [0.25, 0.3) is 5.91 Å². The quantitative estimate of drug-likeness (QED) is 0.857. The number of carbonyl (C=O) groups excluding carboxylic acids is 1. The Morgan fingerprint density at radius 3 is 2.35 bits per heavy atom. The van der Waals surface area contributed by atoms with Gasteiger partial charge in [-0.05, 0) is 25.0 Å². The topological polar surface area (TPSA) is 92.9 Å². The minimum atomic E-state index is -3.68. The van der Waals surface area contributed by atoms with Gasteiger partial charge in [-0.25, -0.2) is 8.42 Å². The highest BCUT2D eigenvalue weighted by atomic mass is 32.2. The molecule has 0 atom stereocenters. The third-order valence-corrected chi connectivity index (χ3v) is 6.20. The second kappa shape index (κ2) is 6.46. The van der Waals surface area contributed by atoms with Crippen molar-refractivity contribution in [2.75, 3.05) is 44.3 Å². The van der Waals surface area contributed by atoms with Gasteiger partial charge in [-0.1, -0.05) is 6.07 Å². The van der Waals surface area contributed by atoms with E-state index in [2.05, 4.69) is 0 Å². The lowest BCUT2D eigenvalue weighted by molar-refractivity contribution is 0.0730. The van der Waals surface area contributed by atoms with Crippen LogP contribution < -0.4 is 10.6 Å². The van der Waals surface area contributed by atoms with Crippen LogP contribution in [0.1, 0.15) is 23.2 Å². The second-order valence-electron chi connectivity index (χ2n) is 5.73. The van der Waals surface area contributed by atoms with Gasteiger partial charge in [0.1, 0.15) is 4.90 Å². The highest BCUT2D eigenvalue weighted by molar-refractivity contribution is 7.89. The minimum Gasteiger partial charge on any atom is -0.379 e. The van der Waals surface area contributed by atoms with Crippen molar-refractivity contribution < 1.29 is 17.9 Å². The number of ether oxygens (including phenoxy) is 1. The van der Waals surface area contributed by atoms with E-state index in [1.54, 1.807) is 18.2 Å². The third kappa shape index (κ3) is 3.06. The molecular formula is C15H21N3O4S. The molecule has 0 unspecified atom stereocenters. The number of anilines is 1. The van der Waals surface area contributed by atoms with Gasteiger partial charge < -0.3 is 15.4 Å². The van der Waals surface area contributed by atoms with Crippen molar-refractivity contribution in [3.8, 4) is 0 Å². The maximum Gasteiger partial charge on any atom is 0.250 e. The minimum absolute atomic E-state index is 0.164. The van der Waals surface area contributed by atoms with E-state index in [0.717, 1.165) is 25.9 Å². The first-order valence-electron chi connectivity index (χ1n) is 7.77. The van der Waals surface area contributed by atoms with E-state index < -0.39 is 15.9 Å². The molecule has 0 spiro atoms. The molecule has 23 heavy (non-hydrogen) atoms. The molecule has 0 aliphatic carbocycles. The predicted octanol–water partition coefficient (Wildman–Crippen LogP) is 0.407. The summed E-state index contributed by atoms with van der Waals surface area (Å²) in [7, 11) is -3.68. The van der Waals surface area contributed by atoms with Gasteiger partial charge >= 0.3 is 0 Å². The fourth-order valence-electron chi connectivity index (χ4n) is 3.12. The summed E-state index contributed by atoms with van der Waals surface area (Å²) in [5, 5.41) is 0. The molecule has 0 radical (unpaired) electrons. The lowest BCUT2D eigenvalue weighted by Gasteiger charge is -2.29. The fourth-order valence-corrected chi connectivity index (χ4v) is 4.76. The Hall–Kier alpha value is -1.64. The van der Waals surface area contributed by atoms with Crippen LogP contribution in [0.2, 0.25) is 0 Å². The number of para-hydroxylation sites is 1. The van der Waals surface area contributed by atoms with E-state index in [1.165, 1.54) is 4.31 Å². The van der Waals surface area contributed by atoms with Crippen molar-refractivity contribution in [3.63, 3.8) is 0 Å². The lowest BCUT2D eigenvalue weighted by atomic mass is 10.1. The summed E-state index contributed by atoms with van der Waals surface area (Å²) in [6, 6.07) is 4.73. The van der Waals surface area contributed by atoms with Crippen LogP contribution in [-0.4, -0.2) is 58.0 Å². The normalized spacial score (nSPS) is 19.9. The number of nitrogens with zero attached hydrogens (tertiary/aromatic N) is 2. The molecule has 2 aliphatic rings. The van der Waals surface area contributed by atoms with Crippen molar-refractivity contribution in [3.05, 3.63) is 23.8 Å². The molecule has 2 aliphatic heterocycles. The summed E-state index contributed by atoms with van der Waals surface area (Å²) in [6.45, 7) is 2.87. The van der Waals surface area contributed by atoms with E-state index in [1.807, 2.05) is 4.90 Å². The van der Waals surface area contributed by atoms with Gasteiger partial charge in [0.05, 0.1) is 24.5 Å². The van der Waals surface area contributed by atoms with Crippen molar-refractivity contribution >= 4 is 21.6 Å². The van der Waals surface area contributed by atoms with Gasteiger partial charge in [-0.2, -0.15) is 4.31 Å². The fraction of sp³-hybridized carbons (Fsp3) is 0.533. The Morgan fingerprint density at radius 1 is 1.09 bits per heavy atom. The molecule has 2 saturated heterocycles. The van der Waals surface area contributed by atoms with Crippen LogP contribution in [0.15, 0.2) is 23.1 Å². The molecule has 3 rings (SSSR count). The number of sulfonamides is 1. The Bertz CT molecular complexity index is 693. The number of amides is 1.